The quantitative estimate of drug-likeness (QED) is 0.745. The molecule has 1 atom stereocenters. The Balaban J connectivity index is 1.95. The van der Waals surface area contributed by atoms with Gasteiger partial charge in [-0.15, -0.1) is 0 Å². The van der Waals surface area contributed by atoms with Crippen molar-refractivity contribution in [3.63, 3.8) is 0 Å². The number of aromatic nitrogens is 3. The maximum Gasteiger partial charge on any atom is 0.408 e. The number of H-pyrrole nitrogens is 1. The molecule has 0 saturated carbocycles. The first-order valence-corrected chi connectivity index (χ1v) is 5.72. The zero-order valence-electron chi connectivity index (χ0n) is 10.3. The standard InChI is InChI=1S/C12H12N4O4/c17-11(18)10(8-4-2-1-3-5-8)14-12(19)20-7-9-6-13-16-15-9/h1-6,10H,7H2,(H,14,19)(H,17,18)(H,13,15,16). The normalized spacial score (nSPS) is 11.6. The van der Waals surface area contributed by atoms with E-state index in [9.17, 15) is 9.59 Å². The smallest absolute Gasteiger partial charge is 0.408 e. The summed E-state index contributed by atoms with van der Waals surface area (Å²) in [5.41, 5.74) is 0.894. The predicted molar refractivity (Wildman–Crippen MR) is 66.5 cm³/mol. The van der Waals surface area contributed by atoms with E-state index < -0.39 is 18.1 Å². The van der Waals surface area contributed by atoms with Gasteiger partial charge in [-0.05, 0) is 5.56 Å². The number of benzene rings is 1. The van der Waals surface area contributed by atoms with Crippen LogP contribution >= 0.6 is 0 Å². The Bertz CT molecular complexity index is 570. The second kappa shape index (κ2) is 6.32. The van der Waals surface area contributed by atoms with Gasteiger partial charge in [-0.2, -0.15) is 15.4 Å². The van der Waals surface area contributed by atoms with Crippen molar-refractivity contribution in [3.8, 4) is 0 Å². The summed E-state index contributed by atoms with van der Waals surface area (Å²) in [6.45, 7) is -0.0938. The number of carboxylic acid groups (broad SMARTS) is 1. The Kier molecular flexibility index (Phi) is 4.28. The second-order valence-electron chi connectivity index (χ2n) is 3.86. The van der Waals surface area contributed by atoms with Gasteiger partial charge in [0, 0.05) is 0 Å². The minimum Gasteiger partial charge on any atom is -0.479 e. The summed E-state index contributed by atoms with van der Waals surface area (Å²) in [5.74, 6) is -1.17. The van der Waals surface area contributed by atoms with Crippen molar-refractivity contribution in [1.82, 2.24) is 20.7 Å². The lowest BCUT2D eigenvalue weighted by Gasteiger charge is -2.14. The fraction of sp³-hybridized carbons (Fsp3) is 0.167. The molecule has 20 heavy (non-hydrogen) atoms. The first-order valence-electron chi connectivity index (χ1n) is 5.72. The van der Waals surface area contributed by atoms with Crippen molar-refractivity contribution in [2.45, 2.75) is 12.6 Å². The number of hydrogen-bond acceptors (Lipinski definition) is 5. The number of nitrogens with zero attached hydrogens (tertiary/aromatic N) is 2. The van der Waals surface area contributed by atoms with Crippen molar-refractivity contribution in [2.24, 2.45) is 0 Å². The van der Waals surface area contributed by atoms with Crippen molar-refractivity contribution in [1.29, 1.82) is 0 Å². The monoisotopic (exact) mass is 276 g/mol. The number of carbonyl (C=O) groups is 2. The van der Waals surface area contributed by atoms with Crippen molar-refractivity contribution in [3.05, 3.63) is 47.8 Å². The van der Waals surface area contributed by atoms with E-state index in [-0.39, 0.29) is 6.61 Å². The molecule has 1 unspecified atom stereocenters. The van der Waals surface area contributed by atoms with E-state index in [4.69, 9.17) is 9.84 Å². The lowest BCUT2D eigenvalue weighted by molar-refractivity contribution is -0.139. The lowest BCUT2D eigenvalue weighted by Crippen LogP contribution is -2.34. The van der Waals surface area contributed by atoms with Gasteiger partial charge in [0.25, 0.3) is 0 Å². The fourth-order valence-electron chi connectivity index (χ4n) is 1.53. The van der Waals surface area contributed by atoms with Gasteiger partial charge >= 0.3 is 12.1 Å². The van der Waals surface area contributed by atoms with Gasteiger partial charge < -0.3 is 15.2 Å². The maximum absolute atomic E-state index is 11.6. The van der Waals surface area contributed by atoms with Crippen LogP contribution in [-0.4, -0.2) is 32.6 Å². The van der Waals surface area contributed by atoms with Crippen LogP contribution in [0.4, 0.5) is 4.79 Å². The third-order valence-corrected chi connectivity index (χ3v) is 2.46. The molecule has 8 nitrogen and oxygen atoms in total. The number of alkyl carbamates (subject to hydrolysis) is 1. The summed E-state index contributed by atoms with van der Waals surface area (Å²) < 4.78 is 4.85. The van der Waals surface area contributed by atoms with E-state index in [0.717, 1.165) is 0 Å². The zero-order valence-corrected chi connectivity index (χ0v) is 10.3. The third kappa shape index (κ3) is 3.55. The van der Waals surface area contributed by atoms with Crippen LogP contribution in [-0.2, 0) is 16.1 Å². The molecular weight excluding hydrogens is 264 g/mol. The average molecular weight is 276 g/mol. The molecule has 0 aliphatic rings. The molecule has 1 heterocycles. The highest BCUT2D eigenvalue weighted by Gasteiger charge is 2.22. The van der Waals surface area contributed by atoms with Crippen LogP contribution in [0.5, 0.6) is 0 Å². The molecule has 0 radical (unpaired) electrons. The molecule has 0 aliphatic heterocycles. The molecule has 2 rings (SSSR count). The van der Waals surface area contributed by atoms with Crippen LogP contribution in [0.3, 0.4) is 0 Å². The van der Waals surface area contributed by atoms with Crippen molar-refractivity contribution in [2.75, 3.05) is 0 Å². The van der Waals surface area contributed by atoms with Crippen LogP contribution < -0.4 is 5.32 Å². The molecule has 8 heteroatoms. The first kappa shape index (κ1) is 13.5. The van der Waals surface area contributed by atoms with E-state index in [1.54, 1.807) is 30.3 Å². The van der Waals surface area contributed by atoms with E-state index in [1.807, 2.05) is 0 Å². The summed E-state index contributed by atoms with van der Waals surface area (Å²) in [7, 11) is 0. The summed E-state index contributed by atoms with van der Waals surface area (Å²) in [4.78, 5) is 22.7. The summed E-state index contributed by atoms with van der Waals surface area (Å²) in [5, 5.41) is 21.0. The highest BCUT2D eigenvalue weighted by atomic mass is 16.5. The van der Waals surface area contributed by atoms with Gasteiger partial charge in [0.2, 0.25) is 0 Å². The second-order valence-corrected chi connectivity index (χ2v) is 3.86. The molecule has 1 aromatic heterocycles. The number of ether oxygens (including phenoxy) is 1. The molecule has 0 saturated heterocycles. The minimum atomic E-state index is -1.17. The van der Waals surface area contributed by atoms with Gasteiger partial charge in [-0.1, -0.05) is 30.3 Å². The number of aliphatic carboxylic acids is 1. The molecular formula is C12H12N4O4. The minimum absolute atomic E-state index is 0.0938. The maximum atomic E-state index is 11.6. The van der Waals surface area contributed by atoms with E-state index in [0.29, 0.717) is 11.3 Å². The SMILES string of the molecule is O=C(NC(C(=O)O)c1ccccc1)OCc1cn[nH]n1. The Morgan fingerprint density at radius 1 is 1.35 bits per heavy atom. The van der Waals surface area contributed by atoms with Gasteiger partial charge in [0.05, 0.1) is 6.20 Å². The summed E-state index contributed by atoms with van der Waals surface area (Å²) >= 11 is 0. The van der Waals surface area contributed by atoms with Crippen LogP contribution in [0.2, 0.25) is 0 Å². The molecule has 0 bridgehead atoms. The Hall–Kier alpha value is -2.90. The number of aromatic amines is 1. The number of hydrogen-bond donors (Lipinski definition) is 3. The largest absolute Gasteiger partial charge is 0.479 e. The van der Waals surface area contributed by atoms with Crippen LogP contribution in [0.1, 0.15) is 17.3 Å². The van der Waals surface area contributed by atoms with Crippen molar-refractivity contribution >= 4 is 12.1 Å². The Labute approximate surface area is 113 Å². The highest BCUT2D eigenvalue weighted by Crippen LogP contribution is 2.12. The number of carboxylic acids is 1. The molecule has 0 aliphatic carbocycles. The van der Waals surface area contributed by atoms with Crippen LogP contribution in [0.25, 0.3) is 0 Å². The first-order chi connectivity index (χ1) is 9.66. The summed E-state index contributed by atoms with van der Waals surface area (Å²) in [6, 6.07) is 7.18. The molecule has 2 aromatic rings. The number of rotatable bonds is 5. The van der Waals surface area contributed by atoms with E-state index in [2.05, 4.69) is 20.7 Å². The molecule has 1 amide bonds. The summed E-state index contributed by atoms with van der Waals surface area (Å²) in [6.07, 6.45) is 0.559. The third-order valence-electron chi connectivity index (χ3n) is 2.46. The molecule has 0 fully saturated rings. The number of carbonyl (C=O) groups excluding carboxylic acids is 1. The average Bonchev–Trinajstić information content (AvgIpc) is 2.96. The van der Waals surface area contributed by atoms with Crippen molar-refractivity contribution < 1.29 is 19.4 Å². The highest BCUT2D eigenvalue weighted by molar-refractivity contribution is 5.81. The molecule has 104 valence electrons. The van der Waals surface area contributed by atoms with Gasteiger partial charge in [0.1, 0.15) is 12.3 Å². The molecule has 1 aromatic carbocycles. The predicted octanol–water partition coefficient (Wildman–Crippen LogP) is 0.857. The number of nitrogens with one attached hydrogen (secondary N) is 2. The lowest BCUT2D eigenvalue weighted by atomic mass is 10.1. The number of amides is 1. The molecule has 3 N–H and O–H groups in total. The van der Waals surface area contributed by atoms with Gasteiger partial charge in [0.15, 0.2) is 6.04 Å². The van der Waals surface area contributed by atoms with Gasteiger partial charge in [-0.3, -0.25) is 0 Å². The van der Waals surface area contributed by atoms with E-state index in [1.165, 1.54) is 6.20 Å². The Morgan fingerprint density at radius 3 is 2.70 bits per heavy atom. The van der Waals surface area contributed by atoms with Crippen LogP contribution in [0, 0.1) is 0 Å². The zero-order chi connectivity index (χ0) is 14.4. The van der Waals surface area contributed by atoms with E-state index >= 15 is 0 Å². The fourth-order valence-corrected chi connectivity index (χ4v) is 1.53. The molecule has 0 spiro atoms. The Morgan fingerprint density at radius 2 is 2.10 bits per heavy atom. The topological polar surface area (TPSA) is 117 Å². The van der Waals surface area contributed by atoms with Crippen LogP contribution in [0.15, 0.2) is 36.5 Å². The van der Waals surface area contributed by atoms with Gasteiger partial charge in [-0.25, -0.2) is 9.59 Å².